The second-order valence-corrected chi connectivity index (χ2v) is 1.83. The Balaban J connectivity index is -0.0000000375. The SMILES string of the molecule is O.O=C(O)C(=O)O.O=C(O)C(=O)O.O=C(O)C(=O)O.[Ce].[Ce]. The van der Waals surface area contributed by atoms with Crippen molar-refractivity contribution in [2.75, 3.05) is 0 Å². The van der Waals surface area contributed by atoms with Crippen LogP contribution >= 0.6 is 0 Å². The van der Waals surface area contributed by atoms with E-state index in [-0.39, 0.29) is 89.0 Å². The third-order valence-corrected chi connectivity index (χ3v) is 0.549. The van der Waals surface area contributed by atoms with Gasteiger partial charge in [0.15, 0.2) is 0 Å². The number of aliphatic carboxylic acids is 6. The maximum absolute atomic E-state index is 9.10. The predicted molar refractivity (Wildman–Crippen MR) is 49.4 cm³/mol. The quantitative estimate of drug-likeness (QED) is 0.157. The zero-order chi connectivity index (χ0) is 15.5. The van der Waals surface area contributed by atoms with Crippen molar-refractivity contribution < 1.29 is 148 Å². The van der Waals surface area contributed by atoms with Crippen LogP contribution in [0.3, 0.4) is 0 Å². The Morgan fingerprint density at radius 2 is 0.429 bits per heavy atom. The van der Waals surface area contributed by atoms with E-state index < -0.39 is 35.8 Å². The van der Waals surface area contributed by atoms with Crippen LogP contribution in [0.2, 0.25) is 0 Å². The summed E-state index contributed by atoms with van der Waals surface area (Å²) in [7, 11) is 0. The van der Waals surface area contributed by atoms with Gasteiger partial charge in [0.2, 0.25) is 0 Å². The van der Waals surface area contributed by atoms with Gasteiger partial charge in [-0.15, -0.1) is 0 Å². The standard InChI is InChI=1S/3C2H2O4.2Ce.H2O/c3*3-1(4)2(5)6;;;/h3*(H,3,4)(H,5,6);;;1H2. The summed E-state index contributed by atoms with van der Waals surface area (Å²) < 4.78 is 0. The smallest absolute Gasteiger partial charge is 0.414 e. The van der Waals surface area contributed by atoms with Gasteiger partial charge in [-0.2, -0.15) is 0 Å². The predicted octanol–water partition coefficient (Wildman–Crippen LogP) is -3.36. The maximum Gasteiger partial charge on any atom is 0.414 e. The molecule has 0 bridgehead atoms. The number of carboxylic acid groups (broad SMARTS) is 6. The molecule has 0 aromatic carbocycles. The second kappa shape index (κ2) is 21.8. The largest absolute Gasteiger partial charge is 0.473 e. The Hall–Kier alpha value is -0.467. The molecule has 0 saturated carbocycles. The van der Waals surface area contributed by atoms with E-state index in [1.165, 1.54) is 0 Å². The Morgan fingerprint density at radius 3 is 0.429 bits per heavy atom. The summed E-state index contributed by atoms with van der Waals surface area (Å²) in [6, 6.07) is 0. The van der Waals surface area contributed by atoms with Gasteiger partial charge in [0.25, 0.3) is 0 Å². The third-order valence-electron chi connectivity index (χ3n) is 0.549. The molecule has 0 radical (unpaired) electrons. The van der Waals surface area contributed by atoms with Crippen molar-refractivity contribution in [1.82, 2.24) is 0 Å². The first-order valence-corrected chi connectivity index (χ1v) is 3.32. The normalized spacial score (nSPS) is 6.29. The summed E-state index contributed by atoms with van der Waals surface area (Å²) in [4.78, 5) is 54.6. The van der Waals surface area contributed by atoms with Crippen molar-refractivity contribution in [3.63, 3.8) is 0 Å². The van der Waals surface area contributed by atoms with Crippen molar-refractivity contribution in [2.24, 2.45) is 0 Å². The van der Waals surface area contributed by atoms with Gasteiger partial charge in [0.05, 0.1) is 0 Å². The summed E-state index contributed by atoms with van der Waals surface area (Å²) in [6.07, 6.45) is 0. The minimum atomic E-state index is -1.82. The van der Waals surface area contributed by atoms with E-state index in [4.69, 9.17) is 59.4 Å². The van der Waals surface area contributed by atoms with Crippen LogP contribution in [0.25, 0.3) is 0 Å². The van der Waals surface area contributed by atoms with Crippen LogP contribution < -0.4 is 0 Å². The number of hydrogen-bond acceptors (Lipinski definition) is 6. The number of hydrogen-bond donors (Lipinski definition) is 6. The summed E-state index contributed by atoms with van der Waals surface area (Å²) >= 11 is 0. The van der Waals surface area contributed by atoms with Crippen LogP contribution in [0.1, 0.15) is 0 Å². The number of rotatable bonds is 0. The first kappa shape index (κ1) is 37.1. The monoisotopic (exact) mass is 568 g/mol. The maximum atomic E-state index is 9.10. The van der Waals surface area contributed by atoms with Crippen LogP contribution in [0.4, 0.5) is 0 Å². The number of carboxylic acids is 6. The fourth-order valence-corrected chi connectivity index (χ4v) is 0. The van der Waals surface area contributed by atoms with Crippen molar-refractivity contribution >= 4 is 35.8 Å². The van der Waals surface area contributed by atoms with Gasteiger partial charge in [-0.25, -0.2) is 28.8 Å². The second-order valence-electron chi connectivity index (χ2n) is 1.83. The molecule has 8 N–H and O–H groups in total. The van der Waals surface area contributed by atoms with Gasteiger partial charge in [-0.1, -0.05) is 0 Å². The molecule has 0 aliphatic rings. The zero-order valence-electron chi connectivity index (χ0n) is 9.63. The molecule has 0 atom stereocenters. The molecule has 0 amide bonds. The molecule has 0 heterocycles. The molecule has 118 valence electrons. The van der Waals surface area contributed by atoms with E-state index in [1.807, 2.05) is 0 Å². The van der Waals surface area contributed by atoms with Gasteiger partial charge in [-0.3, -0.25) is 0 Å². The Labute approximate surface area is 182 Å². The van der Waals surface area contributed by atoms with Crippen LogP contribution in [0, 0.1) is 83.5 Å². The van der Waals surface area contributed by atoms with Crippen molar-refractivity contribution in [1.29, 1.82) is 0 Å². The molecule has 21 heavy (non-hydrogen) atoms. The van der Waals surface area contributed by atoms with Crippen LogP contribution in [0.5, 0.6) is 0 Å². The molecular weight excluding hydrogens is 560 g/mol. The van der Waals surface area contributed by atoms with Gasteiger partial charge in [-0.05, 0) is 0 Å². The van der Waals surface area contributed by atoms with Gasteiger partial charge < -0.3 is 36.1 Å². The fraction of sp³-hybridized carbons (Fsp3) is 0. The van der Waals surface area contributed by atoms with Crippen LogP contribution in [0.15, 0.2) is 0 Å². The minimum Gasteiger partial charge on any atom is -0.473 e. The molecule has 0 aliphatic carbocycles. The molecule has 13 nitrogen and oxygen atoms in total. The summed E-state index contributed by atoms with van der Waals surface area (Å²) in [5.41, 5.74) is 0. The van der Waals surface area contributed by atoms with E-state index in [1.54, 1.807) is 0 Å². The van der Waals surface area contributed by atoms with E-state index in [0.29, 0.717) is 0 Å². The zero-order valence-corrected chi connectivity index (χ0v) is 15.9. The van der Waals surface area contributed by atoms with E-state index >= 15 is 0 Å². The molecule has 0 aromatic rings. The van der Waals surface area contributed by atoms with E-state index in [0.717, 1.165) is 0 Å². The summed E-state index contributed by atoms with van der Waals surface area (Å²) in [5.74, 6) is -10.9. The average molecular weight is 568 g/mol. The summed E-state index contributed by atoms with van der Waals surface area (Å²) in [5, 5.41) is 44.3. The molecule has 0 rings (SSSR count). The van der Waals surface area contributed by atoms with Gasteiger partial charge >= 0.3 is 35.8 Å². The van der Waals surface area contributed by atoms with Crippen molar-refractivity contribution in [3.8, 4) is 0 Å². The molecule has 0 aliphatic heterocycles. The Bertz CT molecular complexity index is 282. The molecule has 0 aromatic heterocycles. The first-order chi connectivity index (χ1) is 7.93. The topological polar surface area (TPSA) is 255 Å². The molecule has 0 spiro atoms. The van der Waals surface area contributed by atoms with E-state index in [2.05, 4.69) is 0 Å². The van der Waals surface area contributed by atoms with Gasteiger partial charge in [0.1, 0.15) is 0 Å². The number of carbonyl (C=O) groups is 6. The first-order valence-electron chi connectivity index (χ1n) is 3.32. The molecule has 0 saturated heterocycles. The molecule has 0 fully saturated rings. The van der Waals surface area contributed by atoms with Crippen molar-refractivity contribution in [3.05, 3.63) is 0 Å². The van der Waals surface area contributed by atoms with Gasteiger partial charge in [0, 0.05) is 83.5 Å². The molecule has 0 unspecified atom stereocenters. The molecular formula is C6H8Ce2O13. The molecule has 15 heteroatoms. The Morgan fingerprint density at radius 1 is 0.381 bits per heavy atom. The Kier molecular flexibility index (Phi) is 38.5. The summed E-state index contributed by atoms with van der Waals surface area (Å²) in [6.45, 7) is 0. The third kappa shape index (κ3) is 45.1. The van der Waals surface area contributed by atoms with Crippen LogP contribution in [-0.2, 0) is 28.8 Å². The van der Waals surface area contributed by atoms with Crippen molar-refractivity contribution in [2.45, 2.75) is 0 Å². The fourth-order valence-electron chi connectivity index (χ4n) is 0. The average Bonchev–Trinajstić information content (AvgIpc) is 2.18. The van der Waals surface area contributed by atoms with Crippen LogP contribution in [-0.4, -0.2) is 71.9 Å². The minimum absolute atomic E-state index is 0. The van der Waals surface area contributed by atoms with E-state index in [9.17, 15) is 0 Å².